The van der Waals surface area contributed by atoms with Crippen LogP contribution < -0.4 is 4.74 Å². The summed E-state index contributed by atoms with van der Waals surface area (Å²) < 4.78 is 8.31. The van der Waals surface area contributed by atoms with Gasteiger partial charge in [-0.25, -0.2) is 4.98 Å². The second kappa shape index (κ2) is 9.10. The van der Waals surface area contributed by atoms with E-state index < -0.39 is 0 Å². The van der Waals surface area contributed by atoms with Gasteiger partial charge in [0.15, 0.2) is 0 Å². The average Bonchev–Trinajstić information content (AvgIpc) is 3.37. The highest BCUT2D eigenvalue weighted by Gasteiger charge is 2.33. The molecule has 1 saturated heterocycles. The number of aryl methyl sites for hydroxylation is 2. The van der Waals surface area contributed by atoms with Crippen molar-refractivity contribution in [1.82, 2.24) is 14.5 Å². The van der Waals surface area contributed by atoms with Crippen LogP contribution in [0.4, 0.5) is 0 Å². The lowest BCUT2D eigenvalue weighted by molar-refractivity contribution is -0.128. The fraction of sp³-hybridized carbons (Fsp3) is 0.286. The standard InChI is InChI=1S/C28H29N3O2/c1-20-12-13-24(16-21(20)2)33-15-14-31-26-11-7-6-10-25(26)29-28(31)23-17-27(32)30(19-23)18-22-8-4-3-5-9-22/h3-13,16,23H,14-15,17-19H2,1-2H3/t23-/m1/s1. The highest BCUT2D eigenvalue weighted by Crippen LogP contribution is 2.31. The van der Waals surface area contributed by atoms with E-state index in [1.165, 1.54) is 11.1 Å². The summed E-state index contributed by atoms with van der Waals surface area (Å²) in [4.78, 5) is 19.7. The highest BCUT2D eigenvalue weighted by molar-refractivity contribution is 5.81. The minimum Gasteiger partial charge on any atom is -0.492 e. The summed E-state index contributed by atoms with van der Waals surface area (Å²) in [5, 5.41) is 0. The third-order valence-corrected chi connectivity index (χ3v) is 6.54. The number of fused-ring (bicyclic) bond motifs is 1. The molecule has 4 aromatic rings. The minimum atomic E-state index is 0.0789. The van der Waals surface area contributed by atoms with Gasteiger partial charge in [-0.3, -0.25) is 4.79 Å². The van der Waals surface area contributed by atoms with Gasteiger partial charge in [0.1, 0.15) is 18.2 Å². The van der Waals surface area contributed by atoms with E-state index in [4.69, 9.17) is 9.72 Å². The van der Waals surface area contributed by atoms with Crippen molar-refractivity contribution in [3.8, 4) is 5.75 Å². The van der Waals surface area contributed by atoms with Gasteiger partial charge in [-0.05, 0) is 54.8 Å². The molecule has 1 aromatic heterocycles. The Morgan fingerprint density at radius 2 is 1.76 bits per heavy atom. The van der Waals surface area contributed by atoms with E-state index in [-0.39, 0.29) is 11.8 Å². The Kier molecular flexibility index (Phi) is 5.86. The molecular formula is C28H29N3O2. The van der Waals surface area contributed by atoms with Crippen LogP contribution in [0.15, 0.2) is 72.8 Å². The summed E-state index contributed by atoms with van der Waals surface area (Å²) in [5.41, 5.74) is 5.69. The summed E-state index contributed by atoms with van der Waals surface area (Å²) in [7, 11) is 0. The lowest BCUT2D eigenvalue weighted by atomic mass is 10.1. The summed E-state index contributed by atoms with van der Waals surface area (Å²) in [5.74, 6) is 2.13. The maximum atomic E-state index is 12.8. The molecule has 5 nitrogen and oxygen atoms in total. The number of aromatic nitrogens is 2. The zero-order chi connectivity index (χ0) is 22.8. The SMILES string of the molecule is Cc1ccc(OCCn2c([C@@H]3CC(=O)N(Cc4ccccc4)C3)nc3ccccc32)cc1C. The molecule has 0 bridgehead atoms. The normalized spacial score (nSPS) is 16.0. The number of imidazole rings is 1. The van der Waals surface area contributed by atoms with Crippen molar-refractivity contribution in [2.45, 2.75) is 39.3 Å². The van der Waals surface area contributed by atoms with Gasteiger partial charge in [-0.1, -0.05) is 48.5 Å². The molecule has 0 aliphatic carbocycles. The first kappa shape index (κ1) is 21.3. The number of hydrogen-bond donors (Lipinski definition) is 0. The van der Waals surface area contributed by atoms with Crippen LogP contribution in [0.2, 0.25) is 0 Å². The Hall–Kier alpha value is -3.60. The van der Waals surface area contributed by atoms with Crippen LogP contribution >= 0.6 is 0 Å². The molecule has 168 valence electrons. The number of carbonyl (C=O) groups excluding carboxylic acids is 1. The van der Waals surface area contributed by atoms with E-state index in [1.54, 1.807) is 0 Å². The summed E-state index contributed by atoms with van der Waals surface area (Å²) in [6.07, 6.45) is 0.494. The topological polar surface area (TPSA) is 47.4 Å². The van der Waals surface area contributed by atoms with Gasteiger partial charge in [0.2, 0.25) is 5.91 Å². The van der Waals surface area contributed by atoms with E-state index in [0.717, 1.165) is 28.2 Å². The zero-order valence-corrected chi connectivity index (χ0v) is 19.2. The fourth-order valence-electron chi connectivity index (χ4n) is 4.60. The summed E-state index contributed by atoms with van der Waals surface area (Å²) >= 11 is 0. The molecule has 1 fully saturated rings. The molecule has 5 rings (SSSR count). The van der Waals surface area contributed by atoms with E-state index in [0.29, 0.717) is 32.7 Å². The monoisotopic (exact) mass is 439 g/mol. The molecule has 1 aliphatic rings. The van der Waals surface area contributed by atoms with Gasteiger partial charge in [0.25, 0.3) is 0 Å². The van der Waals surface area contributed by atoms with Crippen LogP contribution in [0, 0.1) is 13.8 Å². The second-order valence-electron chi connectivity index (χ2n) is 8.87. The molecule has 0 saturated carbocycles. The Morgan fingerprint density at radius 1 is 0.970 bits per heavy atom. The molecule has 0 spiro atoms. The number of nitrogens with zero attached hydrogens (tertiary/aromatic N) is 3. The highest BCUT2D eigenvalue weighted by atomic mass is 16.5. The first-order valence-corrected chi connectivity index (χ1v) is 11.6. The predicted octanol–water partition coefficient (Wildman–Crippen LogP) is 5.25. The van der Waals surface area contributed by atoms with Crippen molar-refractivity contribution in [3.05, 3.63) is 95.3 Å². The van der Waals surface area contributed by atoms with Gasteiger partial charge < -0.3 is 14.2 Å². The summed E-state index contributed by atoms with van der Waals surface area (Å²) in [6, 6.07) is 24.6. The van der Waals surface area contributed by atoms with Crippen molar-refractivity contribution in [2.24, 2.45) is 0 Å². The lowest BCUT2D eigenvalue weighted by Gasteiger charge is -2.17. The molecule has 3 aromatic carbocycles. The number of likely N-dealkylation sites (tertiary alicyclic amines) is 1. The third kappa shape index (κ3) is 4.49. The second-order valence-corrected chi connectivity index (χ2v) is 8.87. The summed E-state index contributed by atoms with van der Waals surface area (Å²) in [6.45, 7) is 6.77. The molecule has 1 amide bonds. The molecule has 0 N–H and O–H groups in total. The van der Waals surface area contributed by atoms with Crippen molar-refractivity contribution in [3.63, 3.8) is 0 Å². The molecule has 1 aliphatic heterocycles. The smallest absolute Gasteiger partial charge is 0.223 e. The van der Waals surface area contributed by atoms with Crippen molar-refractivity contribution >= 4 is 16.9 Å². The molecule has 33 heavy (non-hydrogen) atoms. The molecule has 1 atom stereocenters. The minimum absolute atomic E-state index is 0.0789. The van der Waals surface area contributed by atoms with Crippen molar-refractivity contribution in [2.75, 3.05) is 13.2 Å². The quantitative estimate of drug-likeness (QED) is 0.395. The van der Waals surface area contributed by atoms with Crippen LogP contribution in [0.3, 0.4) is 0 Å². The van der Waals surface area contributed by atoms with Gasteiger partial charge in [-0.2, -0.15) is 0 Å². The Labute approximate surface area is 194 Å². The number of benzene rings is 3. The van der Waals surface area contributed by atoms with E-state index in [1.807, 2.05) is 47.4 Å². The fourth-order valence-corrected chi connectivity index (χ4v) is 4.60. The Balaban J connectivity index is 1.35. The van der Waals surface area contributed by atoms with Gasteiger partial charge in [-0.15, -0.1) is 0 Å². The van der Waals surface area contributed by atoms with Gasteiger partial charge in [0, 0.05) is 25.4 Å². The molecule has 0 radical (unpaired) electrons. The van der Waals surface area contributed by atoms with E-state index in [2.05, 4.69) is 48.7 Å². The largest absolute Gasteiger partial charge is 0.492 e. The number of para-hydroxylation sites is 2. The van der Waals surface area contributed by atoms with Gasteiger partial charge in [0.05, 0.1) is 17.6 Å². The first-order valence-electron chi connectivity index (χ1n) is 11.6. The predicted molar refractivity (Wildman–Crippen MR) is 130 cm³/mol. The molecule has 2 heterocycles. The van der Waals surface area contributed by atoms with Crippen LogP contribution in [-0.4, -0.2) is 33.5 Å². The zero-order valence-electron chi connectivity index (χ0n) is 19.2. The molecule has 5 heteroatoms. The van der Waals surface area contributed by atoms with Crippen LogP contribution in [0.25, 0.3) is 11.0 Å². The third-order valence-electron chi connectivity index (χ3n) is 6.54. The maximum Gasteiger partial charge on any atom is 0.223 e. The Morgan fingerprint density at radius 3 is 2.58 bits per heavy atom. The van der Waals surface area contributed by atoms with Crippen LogP contribution in [0.5, 0.6) is 5.75 Å². The van der Waals surface area contributed by atoms with Gasteiger partial charge >= 0.3 is 0 Å². The van der Waals surface area contributed by atoms with Crippen LogP contribution in [0.1, 0.15) is 34.9 Å². The van der Waals surface area contributed by atoms with Crippen molar-refractivity contribution < 1.29 is 9.53 Å². The van der Waals surface area contributed by atoms with Crippen LogP contribution in [-0.2, 0) is 17.9 Å². The van der Waals surface area contributed by atoms with E-state index in [9.17, 15) is 4.79 Å². The lowest BCUT2D eigenvalue weighted by Crippen LogP contribution is -2.24. The first-order chi connectivity index (χ1) is 16.1. The van der Waals surface area contributed by atoms with Crippen molar-refractivity contribution in [1.29, 1.82) is 0 Å². The molecular weight excluding hydrogens is 410 g/mol. The average molecular weight is 440 g/mol. The maximum absolute atomic E-state index is 12.8. The van der Waals surface area contributed by atoms with E-state index >= 15 is 0 Å². The Bertz CT molecular complexity index is 1280. The molecule has 0 unspecified atom stereocenters. The number of amides is 1. The number of rotatable bonds is 7. The number of ether oxygens (including phenoxy) is 1. The number of carbonyl (C=O) groups is 1. The number of hydrogen-bond acceptors (Lipinski definition) is 3.